The van der Waals surface area contributed by atoms with Gasteiger partial charge in [-0.1, -0.05) is 5.16 Å². The van der Waals surface area contributed by atoms with E-state index in [1.54, 1.807) is 6.20 Å². The molecule has 94 valence electrons. The molecule has 18 heavy (non-hydrogen) atoms. The van der Waals surface area contributed by atoms with Gasteiger partial charge in [-0.05, 0) is 54.0 Å². The van der Waals surface area contributed by atoms with Crippen LogP contribution in [0.3, 0.4) is 0 Å². The second-order valence-corrected chi connectivity index (χ2v) is 5.26. The molecular formula is C12H13BrN4O. The van der Waals surface area contributed by atoms with Crippen molar-refractivity contribution in [2.24, 2.45) is 0 Å². The van der Waals surface area contributed by atoms with E-state index in [4.69, 9.17) is 4.52 Å². The fourth-order valence-electron chi connectivity index (χ4n) is 2.08. The number of pyridine rings is 1. The molecule has 2 aromatic rings. The monoisotopic (exact) mass is 308 g/mol. The van der Waals surface area contributed by atoms with Gasteiger partial charge >= 0.3 is 0 Å². The Labute approximate surface area is 113 Å². The van der Waals surface area contributed by atoms with Gasteiger partial charge in [-0.3, -0.25) is 4.98 Å². The summed E-state index contributed by atoms with van der Waals surface area (Å²) in [5, 5.41) is 7.33. The van der Waals surface area contributed by atoms with Crippen molar-refractivity contribution in [2.75, 3.05) is 13.1 Å². The first-order chi connectivity index (χ1) is 8.83. The summed E-state index contributed by atoms with van der Waals surface area (Å²) >= 11 is 3.35. The maximum absolute atomic E-state index is 5.35. The highest BCUT2D eigenvalue weighted by atomic mass is 79.9. The topological polar surface area (TPSA) is 63.8 Å². The average Bonchev–Trinajstić information content (AvgIpc) is 2.90. The van der Waals surface area contributed by atoms with E-state index in [1.807, 2.05) is 12.1 Å². The third-order valence-electron chi connectivity index (χ3n) is 3.09. The standard InChI is InChI=1S/C12H13BrN4O/c13-9-1-2-10(15-7-9)11-16-12(18-17-11)8-3-5-14-6-4-8/h1-2,7-8,14H,3-6H2. The highest BCUT2D eigenvalue weighted by molar-refractivity contribution is 9.10. The van der Waals surface area contributed by atoms with Gasteiger partial charge in [-0.15, -0.1) is 0 Å². The molecule has 1 N–H and O–H groups in total. The molecule has 3 rings (SSSR count). The summed E-state index contributed by atoms with van der Waals surface area (Å²) in [4.78, 5) is 8.71. The molecule has 5 nitrogen and oxygen atoms in total. The van der Waals surface area contributed by atoms with Gasteiger partial charge in [0.1, 0.15) is 5.69 Å². The highest BCUT2D eigenvalue weighted by Crippen LogP contribution is 2.25. The van der Waals surface area contributed by atoms with E-state index in [-0.39, 0.29) is 0 Å². The van der Waals surface area contributed by atoms with Gasteiger partial charge in [0, 0.05) is 16.6 Å². The maximum Gasteiger partial charge on any atom is 0.230 e. The van der Waals surface area contributed by atoms with Crippen LogP contribution in [0.5, 0.6) is 0 Å². The van der Waals surface area contributed by atoms with Crippen molar-refractivity contribution < 1.29 is 4.52 Å². The van der Waals surface area contributed by atoms with Crippen LogP contribution in [0.2, 0.25) is 0 Å². The van der Waals surface area contributed by atoms with Crippen molar-refractivity contribution in [3.05, 3.63) is 28.7 Å². The van der Waals surface area contributed by atoms with Crippen molar-refractivity contribution in [1.29, 1.82) is 0 Å². The Kier molecular flexibility index (Phi) is 3.38. The molecular weight excluding hydrogens is 296 g/mol. The predicted octanol–water partition coefficient (Wildman–Crippen LogP) is 2.36. The Hall–Kier alpha value is -1.27. The van der Waals surface area contributed by atoms with E-state index in [2.05, 4.69) is 36.4 Å². The van der Waals surface area contributed by atoms with Crippen molar-refractivity contribution in [3.63, 3.8) is 0 Å². The summed E-state index contributed by atoms with van der Waals surface area (Å²) in [6.45, 7) is 2.03. The van der Waals surface area contributed by atoms with Gasteiger partial charge in [0.05, 0.1) is 0 Å². The first kappa shape index (κ1) is 11.8. The number of piperidine rings is 1. The normalized spacial score (nSPS) is 16.9. The number of nitrogens with zero attached hydrogens (tertiary/aromatic N) is 3. The minimum Gasteiger partial charge on any atom is -0.339 e. The number of aromatic nitrogens is 3. The molecule has 3 heterocycles. The number of hydrogen-bond acceptors (Lipinski definition) is 5. The van der Waals surface area contributed by atoms with E-state index in [1.165, 1.54) is 0 Å². The lowest BCUT2D eigenvalue weighted by atomic mass is 9.98. The Bertz CT molecular complexity index is 519. The number of halogens is 1. The quantitative estimate of drug-likeness (QED) is 0.922. The van der Waals surface area contributed by atoms with Gasteiger partial charge in [0.25, 0.3) is 0 Å². The molecule has 0 radical (unpaired) electrons. The lowest BCUT2D eigenvalue weighted by Crippen LogP contribution is -2.26. The van der Waals surface area contributed by atoms with Gasteiger partial charge < -0.3 is 9.84 Å². The molecule has 0 spiro atoms. The molecule has 1 saturated heterocycles. The van der Waals surface area contributed by atoms with Gasteiger partial charge in [0.15, 0.2) is 0 Å². The third-order valence-corrected chi connectivity index (χ3v) is 3.56. The smallest absolute Gasteiger partial charge is 0.230 e. The molecule has 0 bridgehead atoms. The predicted molar refractivity (Wildman–Crippen MR) is 70.1 cm³/mol. The van der Waals surface area contributed by atoms with Crippen LogP contribution >= 0.6 is 15.9 Å². The average molecular weight is 309 g/mol. The van der Waals surface area contributed by atoms with Crippen LogP contribution in [-0.2, 0) is 0 Å². The van der Waals surface area contributed by atoms with Crippen LogP contribution in [0.15, 0.2) is 27.3 Å². The zero-order chi connectivity index (χ0) is 12.4. The zero-order valence-corrected chi connectivity index (χ0v) is 11.4. The van der Waals surface area contributed by atoms with Crippen molar-refractivity contribution in [2.45, 2.75) is 18.8 Å². The molecule has 0 amide bonds. The van der Waals surface area contributed by atoms with Crippen LogP contribution < -0.4 is 5.32 Å². The second-order valence-electron chi connectivity index (χ2n) is 4.34. The largest absolute Gasteiger partial charge is 0.339 e. The Morgan fingerprint density at radius 1 is 1.28 bits per heavy atom. The Morgan fingerprint density at radius 2 is 2.11 bits per heavy atom. The molecule has 1 fully saturated rings. The minimum absolute atomic E-state index is 0.378. The number of rotatable bonds is 2. The van der Waals surface area contributed by atoms with E-state index in [0.29, 0.717) is 11.7 Å². The molecule has 0 atom stereocenters. The number of nitrogens with one attached hydrogen (secondary N) is 1. The molecule has 1 aliphatic heterocycles. The van der Waals surface area contributed by atoms with Gasteiger partial charge in [-0.25, -0.2) is 0 Å². The molecule has 0 saturated carbocycles. The number of hydrogen-bond donors (Lipinski definition) is 1. The van der Waals surface area contributed by atoms with E-state index in [9.17, 15) is 0 Å². The summed E-state index contributed by atoms with van der Waals surface area (Å²) in [6.07, 6.45) is 3.83. The van der Waals surface area contributed by atoms with Crippen molar-refractivity contribution in [1.82, 2.24) is 20.4 Å². The van der Waals surface area contributed by atoms with Crippen molar-refractivity contribution in [3.8, 4) is 11.5 Å². The van der Waals surface area contributed by atoms with E-state index < -0.39 is 0 Å². The Morgan fingerprint density at radius 3 is 2.83 bits per heavy atom. The molecule has 1 aliphatic rings. The first-order valence-corrected chi connectivity index (χ1v) is 6.78. The SMILES string of the molecule is Brc1ccc(-c2noc(C3CCNCC3)n2)nc1. The summed E-state index contributed by atoms with van der Waals surface area (Å²) in [5.41, 5.74) is 0.738. The summed E-state index contributed by atoms with van der Waals surface area (Å²) in [5.74, 6) is 1.68. The second kappa shape index (κ2) is 5.16. The van der Waals surface area contributed by atoms with Crippen LogP contribution in [0, 0.1) is 0 Å². The molecule has 0 aliphatic carbocycles. The molecule has 6 heteroatoms. The fraction of sp³-hybridized carbons (Fsp3) is 0.417. The lowest BCUT2D eigenvalue weighted by molar-refractivity contribution is 0.320. The summed E-state index contributed by atoms with van der Waals surface area (Å²) in [7, 11) is 0. The minimum atomic E-state index is 0.378. The first-order valence-electron chi connectivity index (χ1n) is 5.99. The zero-order valence-electron chi connectivity index (χ0n) is 9.77. The van der Waals surface area contributed by atoms with Crippen LogP contribution in [0.4, 0.5) is 0 Å². The van der Waals surface area contributed by atoms with Crippen LogP contribution in [0.25, 0.3) is 11.5 Å². The van der Waals surface area contributed by atoms with Gasteiger partial charge in [0.2, 0.25) is 11.7 Å². The summed E-state index contributed by atoms with van der Waals surface area (Å²) in [6, 6.07) is 3.80. The maximum atomic E-state index is 5.35. The molecule has 0 unspecified atom stereocenters. The molecule has 0 aromatic carbocycles. The highest BCUT2D eigenvalue weighted by Gasteiger charge is 2.21. The van der Waals surface area contributed by atoms with E-state index in [0.717, 1.165) is 42.0 Å². The van der Waals surface area contributed by atoms with Crippen molar-refractivity contribution >= 4 is 15.9 Å². The van der Waals surface area contributed by atoms with Crippen LogP contribution in [-0.4, -0.2) is 28.2 Å². The lowest BCUT2D eigenvalue weighted by Gasteiger charge is -2.18. The third kappa shape index (κ3) is 2.44. The Balaban J connectivity index is 1.82. The fourth-order valence-corrected chi connectivity index (χ4v) is 2.32. The summed E-state index contributed by atoms with van der Waals surface area (Å²) < 4.78 is 6.29. The van der Waals surface area contributed by atoms with Gasteiger partial charge in [-0.2, -0.15) is 4.98 Å². The van der Waals surface area contributed by atoms with E-state index >= 15 is 0 Å². The molecule has 2 aromatic heterocycles. The van der Waals surface area contributed by atoms with Crippen LogP contribution in [0.1, 0.15) is 24.7 Å².